The number of phenols is 2. The smallest absolute Gasteiger partial charge is 0.308 e. The number of aromatic hydroxyl groups is 2. The minimum Gasteiger partial charge on any atom is -0.508 e. The van der Waals surface area contributed by atoms with Crippen molar-refractivity contribution in [2.24, 2.45) is 0 Å². The van der Waals surface area contributed by atoms with Crippen LogP contribution in [0.2, 0.25) is 0 Å². The normalized spacial score (nSPS) is 10.0. The average Bonchev–Trinajstić information content (AvgIpc) is 2.57. The zero-order valence-corrected chi connectivity index (χ0v) is 14.0. The van der Waals surface area contributed by atoms with Crippen LogP contribution >= 0.6 is 0 Å². The number of carbonyl (C=O) groups is 3. The predicted molar refractivity (Wildman–Crippen MR) is 92.2 cm³/mol. The van der Waals surface area contributed by atoms with Crippen molar-refractivity contribution in [2.75, 3.05) is 13.1 Å². The van der Waals surface area contributed by atoms with E-state index in [4.69, 9.17) is 4.74 Å². The first-order valence-electron chi connectivity index (χ1n) is 7.73. The first-order valence-corrected chi connectivity index (χ1v) is 7.73. The maximum absolute atomic E-state index is 12.1. The highest BCUT2D eigenvalue weighted by atomic mass is 16.5. The Bertz CT molecular complexity index is 814. The summed E-state index contributed by atoms with van der Waals surface area (Å²) in [6, 6.07) is 9.69. The molecule has 8 heteroatoms. The van der Waals surface area contributed by atoms with Gasteiger partial charge in [-0.15, -0.1) is 0 Å². The summed E-state index contributed by atoms with van der Waals surface area (Å²) < 4.78 is 4.91. The molecule has 0 heterocycles. The molecule has 0 aliphatic rings. The molecule has 4 N–H and O–H groups in total. The second-order valence-corrected chi connectivity index (χ2v) is 5.37. The molecule has 2 aromatic rings. The number of hydrogen-bond donors (Lipinski definition) is 4. The third-order valence-corrected chi connectivity index (χ3v) is 3.22. The van der Waals surface area contributed by atoms with E-state index in [1.165, 1.54) is 25.1 Å². The van der Waals surface area contributed by atoms with Crippen LogP contribution in [0.1, 0.15) is 27.6 Å². The van der Waals surface area contributed by atoms with Gasteiger partial charge in [0.15, 0.2) is 0 Å². The van der Waals surface area contributed by atoms with Crippen molar-refractivity contribution in [1.29, 1.82) is 0 Å². The fourth-order valence-corrected chi connectivity index (χ4v) is 2.15. The van der Waals surface area contributed by atoms with Gasteiger partial charge in [0, 0.05) is 37.2 Å². The average molecular weight is 358 g/mol. The van der Waals surface area contributed by atoms with E-state index in [1.54, 1.807) is 18.2 Å². The Labute approximate surface area is 149 Å². The second-order valence-electron chi connectivity index (χ2n) is 5.37. The third kappa shape index (κ3) is 5.52. The zero-order valence-electron chi connectivity index (χ0n) is 14.0. The van der Waals surface area contributed by atoms with Crippen molar-refractivity contribution in [2.45, 2.75) is 6.92 Å². The molecule has 0 aromatic heterocycles. The lowest BCUT2D eigenvalue weighted by atomic mass is 10.2. The minimum atomic E-state index is -0.498. The van der Waals surface area contributed by atoms with Crippen LogP contribution in [-0.4, -0.2) is 41.1 Å². The lowest BCUT2D eigenvalue weighted by Gasteiger charge is -2.09. The van der Waals surface area contributed by atoms with E-state index in [1.807, 2.05) is 0 Å². The monoisotopic (exact) mass is 358 g/mol. The lowest BCUT2D eigenvalue weighted by molar-refractivity contribution is -0.131. The highest BCUT2D eigenvalue weighted by Crippen LogP contribution is 2.20. The molecule has 26 heavy (non-hydrogen) atoms. The summed E-state index contributed by atoms with van der Waals surface area (Å²) in [5.74, 6) is -1.55. The van der Waals surface area contributed by atoms with E-state index in [9.17, 15) is 24.6 Å². The molecule has 2 aromatic carbocycles. The summed E-state index contributed by atoms with van der Waals surface area (Å²) in [4.78, 5) is 34.9. The van der Waals surface area contributed by atoms with Gasteiger partial charge < -0.3 is 25.6 Å². The number of esters is 1. The molecule has 0 fully saturated rings. The van der Waals surface area contributed by atoms with E-state index < -0.39 is 11.9 Å². The van der Waals surface area contributed by atoms with Gasteiger partial charge in [0.25, 0.3) is 11.8 Å². The van der Waals surface area contributed by atoms with Gasteiger partial charge in [-0.1, -0.05) is 6.07 Å². The standard InChI is InChI=1S/C18H18N2O6/c1-11(21)26-16-4-2-3-12(9-16)17(24)19-5-6-20-18(25)13-7-14(22)10-15(23)8-13/h2-4,7-10,22-23H,5-6H2,1H3,(H,19,24)(H,20,25). The minimum absolute atomic E-state index is 0.0999. The van der Waals surface area contributed by atoms with E-state index in [2.05, 4.69) is 10.6 Å². The van der Waals surface area contributed by atoms with Gasteiger partial charge in [-0.25, -0.2) is 0 Å². The molecule has 0 spiro atoms. The summed E-state index contributed by atoms with van der Waals surface area (Å²) in [6.45, 7) is 1.57. The maximum Gasteiger partial charge on any atom is 0.308 e. The van der Waals surface area contributed by atoms with Crippen LogP contribution in [0.25, 0.3) is 0 Å². The summed E-state index contributed by atoms with van der Waals surface area (Å²) in [6.07, 6.45) is 0. The Balaban J connectivity index is 1.83. The van der Waals surface area contributed by atoms with Gasteiger partial charge in [-0.2, -0.15) is 0 Å². The van der Waals surface area contributed by atoms with E-state index >= 15 is 0 Å². The van der Waals surface area contributed by atoms with Crippen molar-refractivity contribution in [3.05, 3.63) is 53.6 Å². The van der Waals surface area contributed by atoms with E-state index in [0.29, 0.717) is 5.56 Å². The highest BCUT2D eigenvalue weighted by molar-refractivity contribution is 5.96. The van der Waals surface area contributed by atoms with Gasteiger partial charge in [0.1, 0.15) is 17.2 Å². The molecular formula is C18H18N2O6. The summed E-state index contributed by atoms with van der Waals surface area (Å²) in [5, 5.41) is 23.9. The van der Waals surface area contributed by atoms with Crippen molar-refractivity contribution < 1.29 is 29.3 Å². The number of amides is 2. The molecule has 0 aliphatic carbocycles. The number of phenolic OH excluding ortho intramolecular Hbond substituents is 2. The fraction of sp³-hybridized carbons (Fsp3) is 0.167. The number of rotatable bonds is 6. The van der Waals surface area contributed by atoms with Crippen LogP contribution in [0.3, 0.4) is 0 Å². The Hall–Kier alpha value is -3.55. The Kier molecular flexibility index (Phi) is 6.15. The Morgan fingerprint density at radius 2 is 1.46 bits per heavy atom. The van der Waals surface area contributed by atoms with Crippen molar-refractivity contribution in [1.82, 2.24) is 10.6 Å². The van der Waals surface area contributed by atoms with Gasteiger partial charge >= 0.3 is 5.97 Å². The van der Waals surface area contributed by atoms with Crippen LogP contribution in [0.4, 0.5) is 0 Å². The summed E-state index contributed by atoms with van der Waals surface area (Å²) >= 11 is 0. The number of hydrogen-bond acceptors (Lipinski definition) is 6. The molecular weight excluding hydrogens is 340 g/mol. The van der Waals surface area contributed by atoms with Crippen LogP contribution < -0.4 is 15.4 Å². The molecule has 136 valence electrons. The molecule has 2 amide bonds. The maximum atomic E-state index is 12.1. The number of nitrogens with one attached hydrogen (secondary N) is 2. The molecule has 8 nitrogen and oxygen atoms in total. The van der Waals surface area contributed by atoms with Gasteiger partial charge in [-0.05, 0) is 30.3 Å². The molecule has 0 saturated carbocycles. The molecule has 0 saturated heterocycles. The quantitative estimate of drug-likeness (QED) is 0.349. The lowest BCUT2D eigenvalue weighted by Crippen LogP contribution is -2.34. The zero-order chi connectivity index (χ0) is 19.1. The molecule has 0 unspecified atom stereocenters. The fourth-order valence-electron chi connectivity index (χ4n) is 2.15. The molecule has 0 bridgehead atoms. The predicted octanol–water partition coefficient (Wildman–Crippen LogP) is 1.18. The summed E-state index contributed by atoms with van der Waals surface area (Å²) in [5.41, 5.74) is 0.413. The van der Waals surface area contributed by atoms with Crippen LogP contribution in [-0.2, 0) is 4.79 Å². The largest absolute Gasteiger partial charge is 0.508 e. The van der Waals surface area contributed by atoms with Gasteiger partial charge in [-0.3, -0.25) is 14.4 Å². The van der Waals surface area contributed by atoms with Crippen LogP contribution in [0, 0.1) is 0 Å². The summed E-state index contributed by atoms with van der Waals surface area (Å²) in [7, 11) is 0. The number of benzene rings is 2. The Morgan fingerprint density at radius 1 is 0.885 bits per heavy atom. The highest BCUT2D eigenvalue weighted by Gasteiger charge is 2.10. The molecule has 0 atom stereocenters. The van der Waals surface area contributed by atoms with Crippen molar-refractivity contribution in [3.8, 4) is 17.2 Å². The van der Waals surface area contributed by atoms with Crippen LogP contribution in [0.15, 0.2) is 42.5 Å². The van der Waals surface area contributed by atoms with E-state index in [0.717, 1.165) is 6.07 Å². The van der Waals surface area contributed by atoms with Crippen LogP contribution in [0.5, 0.6) is 17.2 Å². The first kappa shape index (κ1) is 18.8. The van der Waals surface area contributed by atoms with Gasteiger partial charge in [0.05, 0.1) is 0 Å². The number of ether oxygens (including phenoxy) is 1. The molecule has 0 radical (unpaired) electrons. The SMILES string of the molecule is CC(=O)Oc1cccc(C(=O)NCCNC(=O)c2cc(O)cc(O)c2)c1. The molecule has 0 aliphatic heterocycles. The first-order chi connectivity index (χ1) is 12.3. The number of carbonyl (C=O) groups excluding carboxylic acids is 3. The molecule has 2 rings (SSSR count). The van der Waals surface area contributed by atoms with Crippen molar-refractivity contribution in [3.63, 3.8) is 0 Å². The van der Waals surface area contributed by atoms with Gasteiger partial charge in [0.2, 0.25) is 0 Å². The Morgan fingerprint density at radius 3 is 2.04 bits per heavy atom. The van der Waals surface area contributed by atoms with Crippen molar-refractivity contribution >= 4 is 17.8 Å². The second kappa shape index (κ2) is 8.52. The third-order valence-electron chi connectivity index (χ3n) is 3.22. The topological polar surface area (TPSA) is 125 Å². The van der Waals surface area contributed by atoms with E-state index in [-0.39, 0.29) is 41.8 Å².